The predicted molar refractivity (Wildman–Crippen MR) is 63.5 cm³/mol. The maximum atomic E-state index is 11.9. The van der Waals surface area contributed by atoms with Crippen LogP contribution < -0.4 is 10.7 Å². The summed E-state index contributed by atoms with van der Waals surface area (Å²) in [5.41, 5.74) is 3.37. The van der Waals surface area contributed by atoms with Crippen molar-refractivity contribution in [3.63, 3.8) is 0 Å². The Hall–Kier alpha value is -1.43. The lowest BCUT2D eigenvalue weighted by molar-refractivity contribution is -0.131. The topological polar surface area (TPSA) is 73.8 Å². The van der Waals surface area contributed by atoms with Crippen LogP contribution in [0.25, 0.3) is 0 Å². The lowest BCUT2D eigenvalue weighted by atomic mass is 10.1. The molecular weight excluding hydrogens is 220 g/mol. The van der Waals surface area contributed by atoms with E-state index in [0.717, 1.165) is 31.9 Å². The van der Waals surface area contributed by atoms with Crippen molar-refractivity contribution in [2.24, 2.45) is 5.10 Å². The van der Waals surface area contributed by atoms with Crippen molar-refractivity contribution in [2.45, 2.75) is 25.7 Å². The molecule has 2 amide bonds. The molecular formula is C11H18N4O2. The number of amides is 2. The third kappa shape index (κ3) is 3.52. The molecule has 0 aromatic heterocycles. The maximum Gasteiger partial charge on any atom is 0.240 e. The van der Waals surface area contributed by atoms with E-state index in [2.05, 4.69) is 15.8 Å². The number of nitrogens with one attached hydrogen (secondary N) is 2. The molecule has 0 aromatic rings. The highest BCUT2D eigenvalue weighted by Gasteiger charge is 2.18. The summed E-state index contributed by atoms with van der Waals surface area (Å²) in [7, 11) is 0. The van der Waals surface area contributed by atoms with Gasteiger partial charge in [0.05, 0.1) is 0 Å². The lowest BCUT2D eigenvalue weighted by Crippen LogP contribution is -2.46. The summed E-state index contributed by atoms with van der Waals surface area (Å²) < 4.78 is 0. The number of hydrogen-bond acceptors (Lipinski definition) is 4. The molecule has 94 valence electrons. The summed E-state index contributed by atoms with van der Waals surface area (Å²) in [6, 6.07) is 0. The van der Waals surface area contributed by atoms with E-state index in [1.807, 2.05) is 4.90 Å². The van der Waals surface area contributed by atoms with Gasteiger partial charge in [-0.05, 0) is 12.8 Å². The van der Waals surface area contributed by atoms with E-state index in [4.69, 9.17) is 0 Å². The Morgan fingerprint density at radius 1 is 1.29 bits per heavy atom. The van der Waals surface area contributed by atoms with Gasteiger partial charge in [-0.25, -0.2) is 5.43 Å². The second-order valence-electron chi connectivity index (χ2n) is 4.34. The highest BCUT2D eigenvalue weighted by atomic mass is 16.2. The molecule has 0 atom stereocenters. The van der Waals surface area contributed by atoms with Gasteiger partial charge in [-0.15, -0.1) is 0 Å². The third-order valence-corrected chi connectivity index (χ3v) is 3.08. The number of carbonyl (C=O) groups excluding carboxylic acids is 2. The summed E-state index contributed by atoms with van der Waals surface area (Å²) in [5, 5.41) is 7.18. The van der Waals surface area contributed by atoms with Gasteiger partial charge >= 0.3 is 0 Å². The van der Waals surface area contributed by atoms with Crippen molar-refractivity contribution in [3.8, 4) is 0 Å². The van der Waals surface area contributed by atoms with Crippen molar-refractivity contribution in [2.75, 3.05) is 26.2 Å². The standard InChI is InChI=1S/C11H18N4O2/c16-10-3-1-9(13-14-10)2-4-11(17)15-7-5-12-6-8-15/h12H,1-8H2,(H,14,16). The fourth-order valence-electron chi connectivity index (χ4n) is 2.02. The van der Waals surface area contributed by atoms with Crippen LogP contribution in [0.2, 0.25) is 0 Å². The fraction of sp³-hybridized carbons (Fsp3) is 0.727. The summed E-state index contributed by atoms with van der Waals surface area (Å²) in [6.07, 6.45) is 2.32. The van der Waals surface area contributed by atoms with Gasteiger partial charge in [0.15, 0.2) is 0 Å². The Bertz CT molecular complexity index is 334. The zero-order chi connectivity index (χ0) is 12.1. The van der Waals surface area contributed by atoms with Crippen molar-refractivity contribution in [1.29, 1.82) is 0 Å². The van der Waals surface area contributed by atoms with Gasteiger partial charge in [-0.1, -0.05) is 0 Å². The average Bonchev–Trinajstić information content (AvgIpc) is 2.39. The van der Waals surface area contributed by atoms with Crippen molar-refractivity contribution in [1.82, 2.24) is 15.6 Å². The lowest BCUT2D eigenvalue weighted by Gasteiger charge is -2.27. The minimum atomic E-state index is -0.0396. The first-order chi connectivity index (χ1) is 8.25. The molecule has 2 aliphatic rings. The van der Waals surface area contributed by atoms with Gasteiger partial charge in [-0.3, -0.25) is 9.59 Å². The molecule has 2 heterocycles. The van der Waals surface area contributed by atoms with E-state index >= 15 is 0 Å². The smallest absolute Gasteiger partial charge is 0.240 e. The van der Waals surface area contributed by atoms with Gasteiger partial charge in [0, 0.05) is 44.7 Å². The first-order valence-electron chi connectivity index (χ1n) is 6.08. The molecule has 0 aliphatic carbocycles. The van der Waals surface area contributed by atoms with Crippen LogP contribution in [-0.2, 0) is 9.59 Å². The summed E-state index contributed by atoms with van der Waals surface area (Å²) in [6.45, 7) is 3.34. The average molecular weight is 238 g/mol. The summed E-state index contributed by atoms with van der Waals surface area (Å²) >= 11 is 0. The molecule has 1 fully saturated rings. The number of hydrazone groups is 1. The molecule has 0 spiro atoms. The second kappa shape index (κ2) is 5.77. The van der Waals surface area contributed by atoms with Crippen molar-refractivity contribution < 1.29 is 9.59 Å². The minimum absolute atomic E-state index is 0.0396. The van der Waals surface area contributed by atoms with Crippen LogP contribution in [0.1, 0.15) is 25.7 Å². The third-order valence-electron chi connectivity index (χ3n) is 3.08. The van der Waals surface area contributed by atoms with Crippen LogP contribution in [0.3, 0.4) is 0 Å². The first kappa shape index (κ1) is 12.0. The number of piperazine rings is 1. The van der Waals surface area contributed by atoms with Gasteiger partial charge in [0.25, 0.3) is 0 Å². The van der Waals surface area contributed by atoms with Gasteiger partial charge < -0.3 is 10.2 Å². The molecule has 2 N–H and O–H groups in total. The summed E-state index contributed by atoms with van der Waals surface area (Å²) in [5.74, 6) is 0.147. The van der Waals surface area contributed by atoms with Crippen LogP contribution in [0, 0.1) is 0 Å². The molecule has 0 unspecified atom stereocenters. The van der Waals surface area contributed by atoms with Crippen LogP contribution in [0.15, 0.2) is 5.10 Å². The van der Waals surface area contributed by atoms with E-state index in [9.17, 15) is 9.59 Å². The monoisotopic (exact) mass is 238 g/mol. The Balaban J connectivity index is 1.74. The Morgan fingerprint density at radius 3 is 2.71 bits per heavy atom. The molecule has 0 bridgehead atoms. The van der Waals surface area contributed by atoms with Crippen LogP contribution in [-0.4, -0.2) is 48.6 Å². The normalized spacial score (nSPS) is 20.8. The van der Waals surface area contributed by atoms with E-state index in [1.54, 1.807) is 0 Å². The number of carbonyl (C=O) groups is 2. The largest absolute Gasteiger partial charge is 0.340 e. The molecule has 6 nitrogen and oxygen atoms in total. The second-order valence-corrected chi connectivity index (χ2v) is 4.34. The van der Waals surface area contributed by atoms with Crippen LogP contribution >= 0.6 is 0 Å². The highest BCUT2D eigenvalue weighted by Crippen LogP contribution is 2.07. The Morgan fingerprint density at radius 2 is 2.06 bits per heavy atom. The van der Waals surface area contributed by atoms with E-state index in [0.29, 0.717) is 25.7 Å². The predicted octanol–water partition coefficient (Wildman–Crippen LogP) is -0.536. The summed E-state index contributed by atoms with van der Waals surface area (Å²) in [4.78, 5) is 24.6. The molecule has 0 radical (unpaired) electrons. The fourth-order valence-corrected chi connectivity index (χ4v) is 2.02. The van der Waals surface area contributed by atoms with Crippen LogP contribution in [0.4, 0.5) is 0 Å². The van der Waals surface area contributed by atoms with Gasteiger partial charge in [0.2, 0.25) is 11.8 Å². The van der Waals surface area contributed by atoms with Crippen molar-refractivity contribution in [3.05, 3.63) is 0 Å². The Labute approximate surface area is 100 Å². The molecule has 2 rings (SSSR count). The first-order valence-corrected chi connectivity index (χ1v) is 6.08. The zero-order valence-corrected chi connectivity index (χ0v) is 9.87. The van der Waals surface area contributed by atoms with Gasteiger partial charge in [-0.2, -0.15) is 5.10 Å². The highest BCUT2D eigenvalue weighted by molar-refractivity contribution is 5.94. The minimum Gasteiger partial charge on any atom is -0.340 e. The van der Waals surface area contributed by atoms with Crippen LogP contribution in [0.5, 0.6) is 0 Å². The number of rotatable bonds is 3. The SMILES string of the molecule is O=C1CCC(CCC(=O)N2CCNCC2)=NN1. The quantitative estimate of drug-likeness (QED) is 0.694. The molecule has 2 aliphatic heterocycles. The van der Waals surface area contributed by atoms with E-state index in [1.165, 1.54) is 0 Å². The molecule has 0 saturated carbocycles. The van der Waals surface area contributed by atoms with Crippen molar-refractivity contribution >= 4 is 17.5 Å². The molecule has 17 heavy (non-hydrogen) atoms. The maximum absolute atomic E-state index is 11.9. The van der Waals surface area contributed by atoms with Gasteiger partial charge in [0.1, 0.15) is 0 Å². The van der Waals surface area contributed by atoms with E-state index < -0.39 is 0 Å². The van der Waals surface area contributed by atoms with E-state index in [-0.39, 0.29) is 11.8 Å². The number of nitrogens with zero attached hydrogens (tertiary/aromatic N) is 2. The molecule has 6 heteroatoms. The number of hydrogen-bond donors (Lipinski definition) is 2. The molecule has 1 saturated heterocycles. The molecule has 0 aromatic carbocycles. The Kier molecular flexibility index (Phi) is 4.08. The zero-order valence-electron chi connectivity index (χ0n) is 9.87.